The first-order valence-corrected chi connectivity index (χ1v) is 14.0. The van der Waals surface area contributed by atoms with Gasteiger partial charge in [-0.15, -0.1) is 0 Å². The van der Waals surface area contributed by atoms with E-state index in [9.17, 15) is 24.0 Å². The first-order valence-electron chi connectivity index (χ1n) is 13.6. The molecule has 3 aromatic rings. The molecule has 3 aromatic carbocycles. The van der Waals surface area contributed by atoms with Crippen LogP contribution in [0, 0.1) is 30.6 Å². The van der Waals surface area contributed by atoms with Gasteiger partial charge >= 0.3 is 5.97 Å². The fraction of sp³-hybridized carbons (Fsp3) is 0.281. The van der Waals surface area contributed by atoms with Crippen molar-refractivity contribution >= 4 is 41.1 Å². The molecule has 4 atom stereocenters. The molecular formula is C32H27ClN2O6. The lowest BCUT2D eigenvalue weighted by Crippen LogP contribution is -2.52. The average molecular weight is 571 g/mol. The van der Waals surface area contributed by atoms with E-state index in [1.807, 2.05) is 19.1 Å². The molecule has 3 aliphatic rings. The maximum absolute atomic E-state index is 13.7. The summed E-state index contributed by atoms with van der Waals surface area (Å²) in [6.07, 6.45) is 2.62. The first kappa shape index (κ1) is 26.9. The molecule has 2 aliphatic carbocycles. The van der Waals surface area contributed by atoms with Crippen LogP contribution >= 0.6 is 11.6 Å². The molecule has 3 amide bonds. The Morgan fingerprint density at radius 3 is 2.05 bits per heavy atom. The van der Waals surface area contributed by atoms with Gasteiger partial charge in [-0.05, 0) is 86.6 Å². The number of aryl methyl sites for hydroxylation is 1. The fourth-order valence-corrected chi connectivity index (χ4v) is 6.65. The second-order valence-electron chi connectivity index (χ2n) is 10.9. The maximum atomic E-state index is 13.7. The molecule has 41 heavy (non-hydrogen) atoms. The summed E-state index contributed by atoms with van der Waals surface area (Å²) in [4.78, 5) is 66.8. The van der Waals surface area contributed by atoms with Crippen LogP contribution in [0.25, 0.3) is 0 Å². The van der Waals surface area contributed by atoms with Crippen molar-refractivity contribution in [3.05, 3.63) is 100 Å². The summed E-state index contributed by atoms with van der Waals surface area (Å²) in [6.45, 7) is 1.37. The molecule has 0 spiro atoms. The molecule has 6 rings (SSSR count). The van der Waals surface area contributed by atoms with Gasteiger partial charge < -0.3 is 4.74 Å². The van der Waals surface area contributed by atoms with Crippen molar-refractivity contribution < 1.29 is 28.7 Å². The highest BCUT2D eigenvalue weighted by Crippen LogP contribution is 2.56. The maximum Gasteiger partial charge on any atom is 0.343 e. The molecule has 2 saturated carbocycles. The van der Waals surface area contributed by atoms with Crippen molar-refractivity contribution in [3.8, 4) is 5.75 Å². The topological polar surface area (TPSA) is 101 Å². The highest BCUT2D eigenvalue weighted by molar-refractivity contribution is 6.34. The summed E-state index contributed by atoms with van der Waals surface area (Å²) in [5, 5.41) is 1.98. The van der Waals surface area contributed by atoms with Crippen molar-refractivity contribution in [2.75, 3.05) is 6.54 Å². The van der Waals surface area contributed by atoms with Crippen LogP contribution in [-0.4, -0.2) is 46.0 Å². The normalized spacial score (nSPS) is 22.5. The number of hydrogen-bond acceptors (Lipinski definition) is 6. The van der Waals surface area contributed by atoms with E-state index in [1.165, 1.54) is 36.4 Å². The summed E-state index contributed by atoms with van der Waals surface area (Å²) in [5.74, 6) is -3.04. The van der Waals surface area contributed by atoms with Crippen LogP contribution in [0.4, 0.5) is 0 Å². The lowest BCUT2D eigenvalue weighted by atomic mass is 9.81. The number of ether oxygens (including phenoxy) is 1. The quantitative estimate of drug-likeness (QED) is 0.169. The number of esters is 1. The van der Waals surface area contributed by atoms with E-state index in [2.05, 4.69) is 0 Å². The zero-order chi connectivity index (χ0) is 28.8. The predicted molar refractivity (Wildman–Crippen MR) is 149 cm³/mol. The van der Waals surface area contributed by atoms with Crippen LogP contribution in [0.2, 0.25) is 5.02 Å². The fourth-order valence-electron chi connectivity index (χ4n) is 6.43. The number of carbonyl (C=O) groups is 5. The van der Waals surface area contributed by atoms with Crippen molar-refractivity contribution in [3.63, 3.8) is 0 Å². The molecule has 0 radical (unpaired) electrons. The highest BCUT2D eigenvalue weighted by Gasteiger charge is 2.62. The average Bonchev–Trinajstić information content (AvgIpc) is 3.66. The van der Waals surface area contributed by atoms with Gasteiger partial charge in [0.1, 0.15) is 12.3 Å². The number of halogens is 1. The Hall–Kier alpha value is -4.30. The van der Waals surface area contributed by atoms with Gasteiger partial charge in [-0.2, -0.15) is 5.01 Å². The second kappa shape index (κ2) is 10.6. The van der Waals surface area contributed by atoms with Crippen LogP contribution < -0.4 is 4.74 Å². The molecule has 9 heteroatoms. The minimum Gasteiger partial charge on any atom is -0.423 e. The third-order valence-corrected chi connectivity index (χ3v) is 8.78. The van der Waals surface area contributed by atoms with E-state index in [4.69, 9.17) is 16.3 Å². The van der Waals surface area contributed by atoms with Gasteiger partial charge in [-0.1, -0.05) is 41.4 Å². The Morgan fingerprint density at radius 1 is 0.854 bits per heavy atom. The molecule has 208 valence electrons. The Balaban J connectivity index is 1.24. The van der Waals surface area contributed by atoms with Crippen molar-refractivity contribution in [2.24, 2.45) is 23.7 Å². The number of carbonyl (C=O) groups excluding carboxylic acids is 5. The van der Waals surface area contributed by atoms with Crippen molar-refractivity contribution in [2.45, 2.75) is 26.2 Å². The van der Waals surface area contributed by atoms with Crippen LogP contribution in [-0.2, 0) is 9.59 Å². The lowest BCUT2D eigenvalue weighted by molar-refractivity contribution is -0.155. The summed E-state index contributed by atoms with van der Waals surface area (Å²) < 4.78 is 5.42. The molecule has 1 heterocycles. The van der Waals surface area contributed by atoms with E-state index in [1.54, 1.807) is 24.3 Å². The third-order valence-electron chi connectivity index (χ3n) is 8.45. The molecule has 1 saturated heterocycles. The summed E-state index contributed by atoms with van der Waals surface area (Å²) >= 11 is 6.30. The first-order chi connectivity index (χ1) is 19.7. The number of ketones is 1. The molecule has 1 aliphatic heterocycles. The molecular weight excluding hydrogens is 544 g/mol. The smallest absolute Gasteiger partial charge is 0.343 e. The van der Waals surface area contributed by atoms with E-state index >= 15 is 0 Å². The van der Waals surface area contributed by atoms with Crippen molar-refractivity contribution in [1.82, 2.24) is 10.0 Å². The number of imide groups is 1. The van der Waals surface area contributed by atoms with Crippen LogP contribution in [0.15, 0.2) is 72.8 Å². The highest BCUT2D eigenvalue weighted by atomic mass is 35.5. The predicted octanol–water partition coefficient (Wildman–Crippen LogP) is 5.14. The summed E-state index contributed by atoms with van der Waals surface area (Å²) in [7, 11) is 0. The monoisotopic (exact) mass is 570 g/mol. The molecule has 0 unspecified atom stereocenters. The van der Waals surface area contributed by atoms with Gasteiger partial charge in [0.25, 0.3) is 17.7 Å². The molecule has 3 fully saturated rings. The van der Waals surface area contributed by atoms with E-state index in [0.29, 0.717) is 5.56 Å². The largest absolute Gasteiger partial charge is 0.423 e. The van der Waals surface area contributed by atoms with E-state index in [-0.39, 0.29) is 33.7 Å². The number of nitrogens with zero attached hydrogens (tertiary/aromatic N) is 2. The number of Topliss-reactive ketones (excluding diaryl/α,β-unsaturated/α-hetero) is 1. The van der Waals surface area contributed by atoms with Crippen LogP contribution in [0.3, 0.4) is 0 Å². The van der Waals surface area contributed by atoms with E-state index in [0.717, 1.165) is 34.8 Å². The third kappa shape index (κ3) is 4.82. The summed E-state index contributed by atoms with van der Waals surface area (Å²) in [5.41, 5.74) is 1.71. The number of hydrazine groups is 1. The SMILES string of the molecule is Cc1ccc(C(=O)Oc2ccc(C(=O)CN(C(=O)c3ccccc3Cl)N3C(=O)[C@H]4[C@H]5CC[C@@H](C5)[C@@H]4C3=O)cc2)cc1. The number of fused-ring (bicyclic) bond motifs is 5. The lowest BCUT2D eigenvalue weighted by Gasteiger charge is -2.31. The minimum atomic E-state index is -0.707. The zero-order valence-electron chi connectivity index (χ0n) is 22.3. The van der Waals surface area contributed by atoms with Gasteiger partial charge in [0.2, 0.25) is 0 Å². The van der Waals surface area contributed by atoms with Gasteiger partial charge in [0.05, 0.1) is 28.0 Å². The van der Waals surface area contributed by atoms with Crippen molar-refractivity contribution in [1.29, 1.82) is 0 Å². The molecule has 0 N–H and O–H groups in total. The van der Waals surface area contributed by atoms with Gasteiger partial charge in [0, 0.05) is 5.56 Å². The standard InChI is InChI=1S/C32H27ClN2O6/c1-18-6-8-20(9-7-18)32(40)41-23-14-12-19(13-15-23)26(36)17-34(29(37)24-4-2-3-5-25(24)33)35-30(38)27-21-10-11-22(16-21)28(27)31(35)39/h2-9,12-15,21-22,27-28H,10-11,16-17H2,1H3/t21-,22-,27-,28-/m0/s1. The Labute approximate surface area is 241 Å². The van der Waals surface area contributed by atoms with Gasteiger partial charge in [-0.25, -0.2) is 9.80 Å². The zero-order valence-corrected chi connectivity index (χ0v) is 23.0. The number of benzene rings is 3. The molecule has 2 bridgehead atoms. The Bertz CT molecular complexity index is 1540. The second-order valence-corrected chi connectivity index (χ2v) is 11.3. The number of amides is 3. The van der Waals surface area contributed by atoms with Crippen LogP contribution in [0.1, 0.15) is 55.9 Å². The van der Waals surface area contributed by atoms with Gasteiger partial charge in [0.15, 0.2) is 5.78 Å². The van der Waals surface area contributed by atoms with Crippen LogP contribution in [0.5, 0.6) is 5.75 Å². The number of rotatable bonds is 7. The van der Waals surface area contributed by atoms with E-state index < -0.39 is 47.9 Å². The Kier molecular flexibility index (Phi) is 6.95. The molecule has 8 nitrogen and oxygen atoms in total. The number of hydrogen-bond donors (Lipinski definition) is 0. The molecule has 0 aromatic heterocycles. The minimum absolute atomic E-state index is 0.0842. The van der Waals surface area contributed by atoms with Gasteiger partial charge in [-0.3, -0.25) is 19.2 Å². The Morgan fingerprint density at radius 2 is 1.44 bits per heavy atom. The summed E-state index contributed by atoms with van der Waals surface area (Å²) in [6, 6.07) is 19.2.